The number of rotatable bonds is 4. The lowest BCUT2D eigenvalue weighted by molar-refractivity contribution is 0.782. The number of hydrazine groups is 1. The second-order valence-corrected chi connectivity index (χ2v) is 4.97. The Morgan fingerprint density at radius 1 is 1.30 bits per heavy atom. The van der Waals surface area contributed by atoms with Crippen molar-refractivity contribution in [2.75, 3.05) is 5.43 Å². The van der Waals surface area contributed by atoms with E-state index in [1.54, 1.807) is 29.5 Å². The molecule has 0 bridgehead atoms. The molecule has 0 atom stereocenters. The van der Waals surface area contributed by atoms with Crippen molar-refractivity contribution in [3.8, 4) is 0 Å². The van der Waals surface area contributed by atoms with Gasteiger partial charge in [-0.25, -0.2) is 20.8 Å². The Labute approximate surface area is 118 Å². The van der Waals surface area contributed by atoms with Crippen molar-refractivity contribution in [1.29, 1.82) is 0 Å². The maximum absolute atomic E-state index is 5.49. The standard InChI is InChI=1S/C11H12N8S/c1-19-11-7(4-15-19)10(18-12)16-8(17-11)6-20-9-5-13-2-3-14-9/h2-5H,6,12H2,1H3,(H,16,17,18). The molecule has 3 aromatic heterocycles. The Hall–Kier alpha value is -2.26. The van der Waals surface area contributed by atoms with Crippen LogP contribution in [0.4, 0.5) is 5.82 Å². The number of fused-ring (bicyclic) bond motifs is 1. The lowest BCUT2D eigenvalue weighted by Crippen LogP contribution is -2.11. The highest BCUT2D eigenvalue weighted by Crippen LogP contribution is 2.22. The van der Waals surface area contributed by atoms with Crippen LogP contribution in [0.3, 0.4) is 0 Å². The number of hydrogen-bond acceptors (Lipinski definition) is 8. The first-order chi connectivity index (χ1) is 9.78. The largest absolute Gasteiger partial charge is 0.308 e. The zero-order valence-electron chi connectivity index (χ0n) is 10.7. The maximum Gasteiger partial charge on any atom is 0.163 e. The number of aromatic nitrogens is 6. The zero-order chi connectivity index (χ0) is 13.9. The van der Waals surface area contributed by atoms with Crippen LogP contribution in [-0.4, -0.2) is 29.7 Å². The molecule has 9 heteroatoms. The fourth-order valence-corrected chi connectivity index (χ4v) is 2.42. The number of hydrogen-bond donors (Lipinski definition) is 2. The minimum absolute atomic E-state index is 0.567. The first-order valence-electron chi connectivity index (χ1n) is 5.82. The molecule has 0 aliphatic rings. The molecular weight excluding hydrogens is 276 g/mol. The lowest BCUT2D eigenvalue weighted by Gasteiger charge is -2.05. The van der Waals surface area contributed by atoms with E-state index in [0.717, 1.165) is 16.1 Å². The molecular formula is C11H12N8S. The average molecular weight is 288 g/mol. The van der Waals surface area contributed by atoms with Gasteiger partial charge in [-0.2, -0.15) is 5.10 Å². The van der Waals surface area contributed by atoms with Gasteiger partial charge < -0.3 is 5.43 Å². The third-order valence-corrected chi connectivity index (χ3v) is 3.57. The molecule has 20 heavy (non-hydrogen) atoms. The van der Waals surface area contributed by atoms with Crippen LogP contribution >= 0.6 is 11.8 Å². The Morgan fingerprint density at radius 3 is 2.95 bits per heavy atom. The van der Waals surface area contributed by atoms with Crippen molar-refractivity contribution in [2.24, 2.45) is 12.9 Å². The summed E-state index contributed by atoms with van der Waals surface area (Å²) in [6.07, 6.45) is 6.68. The monoisotopic (exact) mass is 288 g/mol. The van der Waals surface area contributed by atoms with E-state index in [1.165, 1.54) is 11.8 Å². The molecule has 0 saturated carbocycles. The van der Waals surface area contributed by atoms with Crippen LogP contribution in [0, 0.1) is 0 Å². The third kappa shape index (κ3) is 2.40. The highest BCUT2D eigenvalue weighted by Gasteiger charge is 2.11. The van der Waals surface area contributed by atoms with Gasteiger partial charge in [0, 0.05) is 19.4 Å². The van der Waals surface area contributed by atoms with Gasteiger partial charge in [-0.15, -0.1) is 0 Å². The third-order valence-electron chi connectivity index (χ3n) is 2.66. The number of nitrogens with zero attached hydrogens (tertiary/aromatic N) is 6. The Morgan fingerprint density at radius 2 is 2.20 bits per heavy atom. The van der Waals surface area contributed by atoms with Crippen molar-refractivity contribution in [2.45, 2.75) is 10.8 Å². The van der Waals surface area contributed by atoms with Crippen molar-refractivity contribution in [3.63, 3.8) is 0 Å². The molecule has 3 aromatic rings. The number of nitrogens with two attached hydrogens (primary N) is 1. The highest BCUT2D eigenvalue weighted by molar-refractivity contribution is 7.98. The molecule has 3 N–H and O–H groups in total. The van der Waals surface area contributed by atoms with E-state index in [4.69, 9.17) is 5.84 Å². The van der Waals surface area contributed by atoms with Gasteiger partial charge in [-0.1, -0.05) is 11.8 Å². The van der Waals surface area contributed by atoms with Crippen LogP contribution in [0.1, 0.15) is 5.82 Å². The summed E-state index contributed by atoms with van der Waals surface area (Å²) in [4.78, 5) is 17.1. The summed E-state index contributed by atoms with van der Waals surface area (Å²) in [6, 6.07) is 0. The topological polar surface area (TPSA) is 107 Å². The fraction of sp³-hybridized carbons (Fsp3) is 0.182. The second-order valence-electron chi connectivity index (χ2n) is 3.97. The van der Waals surface area contributed by atoms with E-state index >= 15 is 0 Å². The van der Waals surface area contributed by atoms with Gasteiger partial charge in [-0.05, 0) is 0 Å². The Kier molecular flexibility index (Phi) is 3.44. The molecule has 8 nitrogen and oxygen atoms in total. The van der Waals surface area contributed by atoms with Gasteiger partial charge in [0.1, 0.15) is 10.9 Å². The maximum atomic E-state index is 5.49. The summed E-state index contributed by atoms with van der Waals surface area (Å²) in [5, 5.41) is 5.77. The number of aryl methyl sites for hydroxylation is 1. The molecule has 0 aliphatic heterocycles. The van der Waals surface area contributed by atoms with E-state index in [0.29, 0.717) is 17.4 Å². The Balaban J connectivity index is 1.89. The van der Waals surface area contributed by atoms with E-state index in [2.05, 4.69) is 30.5 Å². The molecule has 0 aliphatic carbocycles. The van der Waals surface area contributed by atoms with E-state index in [9.17, 15) is 0 Å². The van der Waals surface area contributed by atoms with Gasteiger partial charge >= 0.3 is 0 Å². The predicted octanol–water partition coefficient (Wildman–Crippen LogP) is 0.731. The quantitative estimate of drug-likeness (QED) is 0.411. The SMILES string of the molecule is Cn1ncc2c(NN)nc(CSc3cnccn3)nc21. The molecule has 3 heterocycles. The van der Waals surface area contributed by atoms with E-state index in [1.807, 2.05) is 7.05 Å². The number of thioether (sulfide) groups is 1. The minimum Gasteiger partial charge on any atom is -0.308 e. The zero-order valence-corrected chi connectivity index (χ0v) is 11.5. The van der Waals surface area contributed by atoms with Crippen LogP contribution in [0.5, 0.6) is 0 Å². The molecule has 0 spiro atoms. The molecule has 0 amide bonds. The number of anilines is 1. The highest BCUT2D eigenvalue weighted by atomic mass is 32.2. The van der Waals surface area contributed by atoms with Crippen LogP contribution in [-0.2, 0) is 12.8 Å². The molecule has 0 aromatic carbocycles. The fourth-order valence-electron chi connectivity index (χ4n) is 1.74. The molecule has 0 saturated heterocycles. The van der Waals surface area contributed by atoms with E-state index < -0.39 is 0 Å². The van der Waals surface area contributed by atoms with E-state index in [-0.39, 0.29) is 0 Å². The summed E-state index contributed by atoms with van der Waals surface area (Å²) in [7, 11) is 1.83. The van der Waals surface area contributed by atoms with Gasteiger partial charge in [0.2, 0.25) is 0 Å². The van der Waals surface area contributed by atoms with Crippen molar-refractivity contribution < 1.29 is 0 Å². The molecule has 0 fully saturated rings. The van der Waals surface area contributed by atoms with Gasteiger partial charge in [-0.3, -0.25) is 9.67 Å². The molecule has 0 radical (unpaired) electrons. The average Bonchev–Trinajstić information content (AvgIpc) is 2.87. The summed E-state index contributed by atoms with van der Waals surface area (Å²) < 4.78 is 1.69. The Bertz CT molecular complexity index is 726. The first-order valence-corrected chi connectivity index (χ1v) is 6.80. The van der Waals surface area contributed by atoms with Crippen LogP contribution in [0.15, 0.2) is 29.8 Å². The molecule has 0 unspecified atom stereocenters. The lowest BCUT2D eigenvalue weighted by atomic mass is 10.4. The normalized spacial score (nSPS) is 10.9. The van der Waals surface area contributed by atoms with Crippen LogP contribution in [0.2, 0.25) is 0 Å². The van der Waals surface area contributed by atoms with Gasteiger partial charge in [0.15, 0.2) is 11.5 Å². The van der Waals surface area contributed by atoms with Gasteiger partial charge in [0.05, 0.1) is 23.5 Å². The van der Waals surface area contributed by atoms with Crippen molar-refractivity contribution in [1.82, 2.24) is 29.7 Å². The predicted molar refractivity (Wildman–Crippen MR) is 75.7 cm³/mol. The van der Waals surface area contributed by atoms with Crippen LogP contribution in [0.25, 0.3) is 11.0 Å². The summed E-state index contributed by atoms with van der Waals surface area (Å²) in [6.45, 7) is 0. The summed E-state index contributed by atoms with van der Waals surface area (Å²) in [5.74, 6) is 7.30. The second kappa shape index (κ2) is 5.39. The van der Waals surface area contributed by atoms with Crippen LogP contribution < -0.4 is 11.3 Å². The summed E-state index contributed by atoms with van der Waals surface area (Å²) in [5.41, 5.74) is 3.32. The summed E-state index contributed by atoms with van der Waals surface area (Å²) >= 11 is 1.51. The minimum atomic E-state index is 0.567. The molecule has 3 rings (SSSR count). The number of nitrogens with one attached hydrogen (secondary N) is 1. The van der Waals surface area contributed by atoms with Crippen molar-refractivity contribution in [3.05, 3.63) is 30.6 Å². The van der Waals surface area contributed by atoms with Crippen molar-refractivity contribution >= 4 is 28.6 Å². The number of nitrogen functional groups attached to an aromatic ring is 1. The smallest absolute Gasteiger partial charge is 0.163 e. The first kappa shape index (κ1) is 12.8. The molecule has 102 valence electrons. The van der Waals surface area contributed by atoms with Gasteiger partial charge in [0.25, 0.3) is 0 Å².